The van der Waals surface area contributed by atoms with E-state index in [1.165, 1.54) is 22.4 Å². The lowest BCUT2D eigenvalue weighted by Gasteiger charge is -2.37. The van der Waals surface area contributed by atoms with Gasteiger partial charge in [0.2, 0.25) is 0 Å². The molecular weight excluding hydrogens is 392 g/mol. The number of nitrogens with zero attached hydrogens (tertiary/aromatic N) is 1. The van der Waals surface area contributed by atoms with E-state index >= 15 is 0 Å². The van der Waals surface area contributed by atoms with Gasteiger partial charge in [-0.3, -0.25) is 4.99 Å². The predicted molar refractivity (Wildman–Crippen MR) is 133 cm³/mol. The maximum atomic E-state index is 5.65. The molecule has 0 bridgehead atoms. The maximum Gasteiger partial charge on any atom is 0.119 e. The summed E-state index contributed by atoms with van der Waals surface area (Å²) in [4.78, 5) is 4.67. The smallest absolute Gasteiger partial charge is 0.119 e. The Balaban J connectivity index is 1.30. The Morgan fingerprint density at radius 1 is 1.03 bits per heavy atom. The van der Waals surface area contributed by atoms with Gasteiger partial charge in [-0.15, -0.1) is 0 Å². The quantitative estimate of drug-likeness (QED) is 0.332. The molecule has 3 heteroatoms. The van der Waals surface area contributed by atoms with E-state index in [0.29, 0.717) is 17.9 Å². The monoisotopic (exact) mass is 422 g/mol. The topological polar surface area (TPSA) is 33.6 Å². The van der Waals surface area contributed by atoms with Crippen molar-refractivity contribution in [3.8, 4) is 5.75 Å². The van der Waals surface area contributed by atoms with Crippen LogP contribution in [0.4, 0.5) is 11.4 Å². The second-order valence-corrected chi connectivity index (χ2v) is 8.83. The van der Waals surface area contributed by atoms with E-state index in [4.69, 9.17) is 4.74 Å². The van der Waals surface area contributed by atoms with Crippen LogP contribution in [0.1, 0.15) is 54.0 Å². The zero-order valence-electron chi connectivity index (χ0n) is 18.8. The average Bonchev–Trinajstić information content (AvgIpc) is 3.32. The molecular formula is C29H30N2O. The first-order chi connectivity index (χ1) is 15.7. The minimum absolute atomic E-state index is 0.318. The van der Waals surface area contributed by atoms with E-state index in [1.807, 2.05) is 30.5 Å². The number of benzene rings is 3. The van der Waals surface area contributed by atoms with Crippen molar-refractivity contribution in [1.29, 1.82) is 0 Å². The first-order valence-electron chi connectivity index (χ1n) is 11.6. The van der Waals surface area contributed by atoms with E-state index in [9.17, 15) is 0 Å². The molecule has 1 aliphatic heterocycles. The third kappa shape index (κ3) is 4.20. The fourth-order valence-electron chi connectivity index (χ4n) is 4.83. The van der Waals surface area contributed by atoms with Gasteiger partial charge < -0.3 is 10.1 Å². The molecule has 1 aliphatic carbocycles. The summed E-state index contributed by atoms with van der Waals surface area (Å²) in [6.45, 7) is 5.03. The molecule has 162 valence electrons. The van der Waals surface area contributed by atoms with Crippen LogP contribution in [0.2, 0.25) is 0 Å². The highest BCUT2D eigenvalue weighted by Crippen LogP contribution is 2.50. The van der Waals surface area contributed by atoms with Crippen molar-refractivity contribution < 1.29 is 4.74 Å². The van der Waals surface area contributed by atoms with Crippen LogP contribution in [0.15, 0.2) is 83.9 Å². The number of hydrogen-bond donors (Lipinski definition) is 1. The van der Waals surface area contributed by atoms with Crippen molar-refractivity contribution in [2.75, 3.05) is 11.9 Å². The van der Waals surface area contributed by atoms with Crippen molar-refractivity contribution in [3.05, 3.63) is 101 Å². The molecule has 3 aromatic carbocycles. The van der Waals surface area contributed by atoms with Gasteiger partial charge in [0.15, 0.2) is 0 Å². The third-order valence-corrected chi connectivity index (χ3v) is 6.49. The van der Waals surface area contributed by atoms with Crippen molar-refractivity contribution in [3.63, 3.8) is 0 Å². The Hall–Kier alpha value is -3.33. The number of rotatable bonds is 6. The highest BCUT2D eigenvalue weighted by molar-refractivity contribution is 5.82. The largest absolute Gasteiger partial charge is 0.494 e. The standard InChI is InChI=1S/C29H30N2O/c1-3-17-32-24-14-8-21(9-15-24)19-30-23-12-10-22(11-13-23)29-26-6-4-5-25(26)27-18-20(2)7-16-28(27)31-29/h4-5,7-16,18-19,25-26,29,31H,3,6,17H2,1-2H3/t25-,26+,29-/m0/s1. The van der Waals surface area contributed by atoms with Gasteiger partial charge in [0.05, 0.1) is 18.3 Å². The number of allylic oxidation sites excluding steroid dienone is 2. The molecule has 0 aromatic heterocycles. The van der Waals surface area contributed by atoms with Crippen LogP contribution in [0, 0.1) is 12.8 Å². The SMILES string of the molecule is CCCOc1ccc(C=Nc2ccc([C@@H]3Nc4ccc(C)cc4[C@H]4C=CC[C@H]43)cc2)cc1. The van der Waals surface area contributed by atoms with E-state index < -0.39 is 0 Å². The summed E-state index contributed by atoms with van der Waals surface area (Å²) >= 11 is 0. The molecule has 0 spiro atoms. The number of aryl methyl sites for hydroxylation is 1. The molecule has 3 nitrogen and oxygen atoms in total. The average molecular weight is 423 g/mol. The first kappa shape index (κ1) is 20.6. The molecule has 1 N–H and O–H groups in total. The summed E-state index contributed by atoms with van der Waals surface area (Å²) in [5.41, 5.74) is 7.39. The molecule has 0 radical (unpaired) electrons. The predicted octanol–water partition coefficient (Wildman–Crippen LogP) is 7.36. The van der Waals surface area contributed by atoms with Crippen molar-refractivity contribution in [2.24, 2.45) is 10.9 Å². The van der Waals surface area contributed by atoms with Gasteiger partial charge in [-0.05, 0) is 84.8 Å². The van der Waals surface area contributed by atoms with Gasteiger partial charge in [-0.2, -0.15) is 0 Å². The van der Waals surface area contributed by atoms with Crippen LogP contribution < -0.4 is 10.1 Å². The second kappa shape index (κ2) is 9.04. The highest BCUT2D eigenvalue weighted by atomic mass is 16.5. The number of aliphatic imine (C=N–C) groups is 1. The van der Waals surface area contributed by atoms with E-state index in [1.54, 1.807) is 0 Å². The Morgan fingerprint density at radius 3 is 2.62 bits per heavy atom. The lowest BCUT2D eigenvalue weighted by atomic mass is 9.76. The molecule has 0 saturated heterocycles. The zero-order chi connectivity index (χ0) is 21.9. The van der Waals surface area contributed by atoms with Crippen LogP contribution in [-0.2, 0) is 0 Å². The Morgan fingerprint density at radius 2 is 1.84 bits per heavy atom. The molecule has 0 saturated carbocycles. The van der Waals surface area contributed by atoms with Gasteiger partial charge in [-0.1, -0.05) is 48.9 Å². The molecule has 2 aliphatic rings. The molecule has 0 fully saturated rings. The summed E-state index contributed by atoms with van der Waals surface area (Å²) in [5, 5.41) is 3.82. The number of hydrogen-bond acceptors (Lipinski definition) is 3. The molecule has 3 atom stereocenters. The zero-order valence-corrected chi connectivity index (χ0v) is 18.8. The maximum absolute atomic E-state index is 5.65. The van der Waals surface area contributed by atoms with Crippen LogP contribution in [0.3, 0.4) is 0 Å². The lowest BCUT2D eigenvalue weighted by Crippen LogP contribution is -2.29. The lowest BCUT2D eigenvalue weighted by molar-refractivity contribution is 0.317. The molecule has 32 heavy (non-hydrogen) atoms. The Labute approximate surface area is 190 Å². The van der Waals surface area contributed by atoms with Gasteiger partial charge in [0.25, 0.3) is 0 Å². The molecule has 5 rings (SSSR count). The summed E-state index contributed by atoms with van der Waals surface area (Å²) in [6, 6.07) is 23.9. The van der Waals surface area contributed by atoms with Crippen molar-refractivity contribution in [2.45, 2.75) is 38.6 Å². The number of nitrogens with one attached hydrogen (secondary N) is 1. The highest BCUT2D eigenvalue weighted by Gasteiger charge is 2.37. The van der Waals surface area contributed by atoms with Crippen LogP contribution >= 0.6 is 0 Å². The normalized spacial score (nSPS) is 21.2. The minimum atomic E-state index is 0.318. The van der Waals surface area contributed by atoms with Crippen molar-refractivity contribution in [1.82, 2.24) is 0 Å². The number of ether oxygens (including phenoxy) is 1. The van der Waals surface area contributed by atoms with Crippen LogP contribution in [0.5, 0.6) is 5.75 Å². The first-order valence-corrected chi connectivity index (χ1v) is 11.6. The van der Waals surface area contributed by atoms with Crippen LogP contribution in [-0.4, -0.2) is 12.8 Å². The summed E-state index contributed by atoms with van der Waals surface area (Å²) in [7, 11) is 0. The van der Waals surface area contributed by atoms with Crippen molar-refractivity contribution >= 4 is 17.6 Å². The minimum Gasteiger partial charge on any atom is -0.494 e. The molecule has 0 amide bonds. The van der Waals surface area contributed by atoms with E-state index in [-0.39, 0.29) is 0 Å². The molecule has 1 heterocycles. The fourth-order valence-corrected chi connectivity index (χ4v) is 4.83. The van der Waals surface area contributed by atoms with Crippen LogP contribution in [0.25, 0.3) is 0 Å². The Bertz CT molecular complexity index is 1130. The van der Waals surface area contributed by atoms with E-state index in [0.717, 1.165) is 36.4 Å². The van der Waals surface area contributed by atoms with E-state index in [2.05, 4.69) is 78.8 Å². The second-order valence-electron chi connectivity index (χ2n) is 8.83. The number of anilines is 1. The van der Waals surface area contributed by atoms with Gasteiger partial charge in [-0.25, -0.2) is 0 Å². The summed E-state index contributed by atoms with van der Waals surface area (Å²) in [5.74, 6) is 1.97. The molecule has 0 unspecified atom stereocenters. The third-order valence-electron chi connectivity index (χ3n) is 6.49. The van der Waals surface area contributed by atoms with Gasteiger partial charge in [0, 0.05) is 17.8 Å². The fraction of sp³-hybridized carbons (Fsp3) is 0.276. The van der Waals surface area contributed by atoms with Gasteiger partial charge >= 0.3 is 0 Å². The Kier molecular flexibility index (Phi) is 5.81. The molecule has 3 aromatic rings. The summed E-state index contributed by atoms with van der Waals surface area (Å²) < 4.78 is 5.65. The summed E-state index contributed by atoms with van der Waals surface area (Å²) in [6.07, 6.45) is 8.78. The number of fused-ring (bicyclic) bond motifs is 3. The van der Waals surface area contributed by atoms with Gasteiger partial charge in [0.1, 0.15) is 5.75 Å².